The molecule has 33 heavy (non-hydrogen) atoms. The van der Waals surface area contributed by atoms with E-state index in [1.54, 1.807) is 24.9 Å². The maximum absolute atomic E-state index is 13.3. The van der Waals surface area contributed by atoms with Gasteiger partial charge in [0.15, 0.2) is 0 Å². The van der Waals surface area contributed by atoms with Crippen molar-refractivity contribution in [1.82, 2.24) is 24.5 Å². The van der Waals surface area contributed by atoms with Gasteiger partial charge in [-0.15, -0.1) is 10.2 Å². The lowest BCUT2D eigenvalue weighted by molar-refractivity contribution is 0.232. The summed E-state index contributed by atoms with van der Waals surface area (Å²) in [6, 6.07) is 9.36. The normalized spacial score (nSPS) is 19.0. The first-order chi connectivity index (χ1) is 15.9. The molecule has 1 fully saturated rings. The van der Waals surface area contributed by atoms with E-state index in [0.717, 1.165) is 42.4 Å². The minimum atomic E-state index is -3.64. The zero-order chi connectivity index (χ0) is 23.4. The third kappa shape index (κ3) is 5.59. The monoisotopic (exact) mass is 469 g/mol. The van der Waals surface area contributed by atoms with Gasteiger partial charge in [0.2, 0.25) is 15.9 Å². The Morgan fingerprint density at radius 2 is 1.88 bits per heavy atom. The molecule has 1 aliphatic carbocycles. The molecule has 1 aromatic carbocycles. The number of benzene rings is 1. The molecule has 0 amide bonds. The molecule has 0 bridgehead atoms. The Kier molecular flexibility index (Phi) is 7.09. The predicted molar refractivity (Wildman–Crippen MR) is 126 cm³/mol. The predicted octanol–water partition coefficient (Wildman–Crippen LogP) is 4.15. The van der Waals surface area contributed by atoms with Gasteiger partial charge in [-0.1, -0.05) is 13.0 Å². The van der Waals surface area contributed by atoms with Gasteiger partial charge in [-0.3, -0.25) is 0 Å². The molecule has 2 atom stereocenters. The van der Waals surface area contributed by atoms with Crippen molar-refractivity contribution in [3.63, 3.8) is 0 Å². The first kappa shape index (κ1) is 23.4. The Hall–Kier alpha value is -2.78. The SMILES string of the molecule is CCc1cc(-c2ccc(OC(C)C)nc2)ccc1S(=O)(=O)NC1CCCC(n2cnnc2)C1. The molecule has 1 saturated carbocycles. The molecule has 9 heteroatoms. The average Bonchev–Trinajstić information content (AvgIpc) is 3.34. The van der Waals surface area contributed by atoms with Gasteiger partial charge < -0.3 is 9.30 Å². The molecule has 2 aromatic heterocycles. The van der Waals surface area contributed by atoms with Crippen molar-refractivity contribution in [3.8, 4) is 17.0 Å². The van der Waals surface area contributed by atoms with Crippen LogP contribution in [0.5, 0.6) is 5.88 Å². The van der Waals surface area contributed by atoms with Gasteiger partial charge in [-0.2, -0.15) is 0 Å². The molecule has 1 aliphatic rings. The summed E-state index contributed by atoms with van der Waals surface area (Å²) in [6.45, 7) is 5.88. The van der Waals surface area contributed by atoms with Crippen LogP contribution in [0.3, 0.4) is 0 Å². The smallest absolute Gasteiger partial charge is 0.241 e. The van der Waals surface area contributed by atoms with E-state index in [2.05, 4.69) is 19.9 Å². The number of rotatable bonds is 8. The summed E-state index contributed by atoms with van der Waals surface area (Å²) >= 11 is 0. The zero-order valence-electron chi connectivity index (χ0n) is 19.3. The van der Waals surface area contributed by atoms with Gasteiger partial charge in [0.1, 0.15) is 12.7 Å². The molecule has 8 nitrogen and oxygen atoms in total. The molecular formula is C24H31N5O3S. The highest BCUT2D eigenvalue weighted by Gasteiger charge is 2.28. The fourth-order valence-corrected chi connectivity index (χ4v) is 5.96. The number of ether oxygens (including phenoxy) is 1. The maximum Gasteiger partial charge on any atom is 0.241 e. The van der Waals surface area contributed by atoms with E-state index in [9.17, 15) is 8.42 Å². The van der Waals surface area contributed by atoms with Crippen LogP contribution in [-0.4, -0.2) is 40.3 Å². The summed E-state index contributed by atoms with van der Waals surface area (Å²) < 4.78 is 37.1. The van der Waals surface area contributed by atoms with Crippen molar-refractivity contribution in [2.24, 2.45) is 0 Å². The number of pyridine rings is 1. The summed E-state index contributed by atoms with van der Waals surface area (Å²) in [5, 5.41) is 7.76. The van der Waals surface area contributed by atoms with Crippen molar-refractivity contribution < 1.29 is 13.2 Å². The fraction of sp³-hybridized carbons (Fsp3) is 0.458. The number of sulfonamides is 1. The van der Waals surface area contributed by atoms with E-state index in [1.807, 2.05) is 49.6 Å². The van der Waals surface area contributed by atoms with E-state index in [0.29, 0.717) is 17.2 Å². The summed E-state index contributed by atoms with van der Waals surface area (Å²) in [5.74, 6) is 0.574. The molecule has 3 aromatic rings. The van der Waals surface area contributed by atoms with E-state index in [-0.39, 0.29) is 18.2 Å². The standard InChI is InChI=1S/C24H31N5O3S/c1-4-18-12-19(20-9-11-24(25-14-20)32-17(2)3)8-10-23(18)33(30,31)28-21-6-5-7-22(13-21)29-15-26-27-16-29/h8-12,14-17,21-22,28H,4-7,13H2,1-3H3. The van der Waals surface area contributed by atoms with Gasteiger partial charge in [0, 0.05) is 29.9 Å². The third-order valence-corrected chi connectivity index (χ3v) is 7.60. The number of aryl methyl sites for hydroxylation is 1. The lowest BCUT2D eigenvalue weighted by Crippen LogP contribution is -2.39. The number of nitrogens with zero attached hydrogens (tertiary/aromatic N) is 4. The molecule has 176 valence electrons. The fourth-order valence-electron chi connectivity index (χ4n) is 4.38. The van der Waals surface area contributed by atoms with E-state index in [4.69, 9.17) is 4.74 Å². The van der Waals surface area contributed by atoms with E-state index >= 15 is 0 Å². The summed E-state index contributed by atoms with van der Waals surface area (Å²) in [4.78, 5) is 4.70. The van der Waals surface area contributed by atoms with Gasteiger partial charge in [0.25, 0.3) is 0 Å². The van der Waals surface area contributed by atoms with Crippen molar-refractivity contribution in [2.45, 2.75) is 76.0 Å². The Morgan fingerprint density at radius 1 is 1.12 bits per heavy atom. The highest BCUT2D eigenvalue weighted by Crippen LogP contribution is 2.30. The molecule has 0 radical (unpaired) electrons. The molecular weight excluding hydrogens is 438 g/mol. The van der Waals surface area contributed by atoms with Crippen LogP contribution in [0.1, 0.15) is 58.1 Å². The van der Waals surface area contributed by atoms with E-state index in [1.165, 1.54) is 0 Å². The minimum absolute atomic E-state index is 0.0584. The summed E-state index contributed by atoms with van der Waals surface area (Å²) in [7, 11) is -3.64. The molecule has 0 spiro atoms. The first-order valence-electron chi connectivity index (χ1n) is 11.5. The van der Waals surface area contributed by atoms with Crippen LogP contribution in [0.4, 0.5) is 0 Å². The van der Waals surface area contributed by atoms with Crippen LogP contribution in [-0.2, 0) is 16.4 Å². The number of hydrogen-bond donors (Lipinski definition) is 1. The van der Waals surface area contributed by atoms with Crippen LogP contribution in [0, 0.1) is 0 Å². The first-order valence-corrected chi connectivity index (χ1v) is 13.0. The number of nitrogens with one attached hydrogen (secondary N) is 1. The second-order valence-corrected chi connectivity index (χ2v) is 10.5. The number of aromatic nitrogens is 4. The van der Waals surface area contributed by atoms with Gasteiger partial charge >= 0.3 is 0 Å². The highest BCUT2D eigenvalue weighted by molar-refractivity contribution is 7.89. The molecule has 0 aliphatic heterocycles. The topological polar surface area (TPSA) is 99.0 Å². The highest BCUT2D eigenvalue weighted by atomic mass is 32.2. The Bertz CT molecular complexity index is 1160. The second-order valence-electron chi connectivity index (χ2n) is 8.78. The summed E-state index contributed by atoms with van der Waals surface area (Å²) in [6.07, 6.45) is 9.34. The van der Waals surface area contributed by atoms with Gasteiger partial charge in [-0.25, -0.2) is 18.1 Å². The van der Waals surface area contributed by atoms with Crippen molar-refractivity contribution in [3.05, 3.63) is 54.7 Å². The molecule has 2 unspecified atom stereocenters. The molecule has 0 saturated heterocycles. The third-order valence-electron chi connectivity index (χ3n) is 5.98. The average molecular weight is 470 g/mol. The Labute approximate surface area is 195 Å². The Morgan fingerprint density at radius 3 is 2.55 bits per heavy atom. The lowest BCUT2D eigenvalue weighted by Gasteiger charge is -2.30. The van der Waals surface area contributed by atoms with Crippen LogP contribution >= 0.6 is 0 Å². The zero-order valence-corrected chi connectivity index (χ0v) is 20.1. The number of hydrogen-bond acceptors (Lipinski definition) is 6. The van der Waals surface area contributed by atoms with Gasteiger partial charge in [0.05, 0.1) is 11.0 Å². The Balaban J connectivity index is 1.51. The van der Waals surface area contributed by atoms with Crippen molar-refractivity contribution in [2.75, 3.05) is 0 Å². The van der Waals surface area contributed by atoms with Crippen molar-refractivity contribution in [1.29, 1.82) is 0 Å². The molecule has 2 heterocycles. The van der Waals surface area contributed by atoms with E-state index < -0.39 is 10.0 Å². The molecule has 4 rings (SSSR count). The molecule has 1 N–H and O–H groups in total. The lowest BCUT2D eigenvalue weighted by atomic mass is 9.91. The maximum atomic E-state index is 13.3. The largest absolute Gasteiger partial charge is 0.475 e. The van der Waals surface area contributed by atoms with Gasteiger partial charge in [-0.05, 0) is 75.3 Å². The van der Waals surface area contributed by atoms with Crippen molar-refractivity contribution >= 4 is 10.0 Å². The van der Waals surface area contributed by atoms with Crippen LogP contribution in [0.15, 0.2) is 54.1 Å². The van der Waals surface area contributed by atoms with Crippen LogP contribution < -0.4 is 9.46 Å². The quantitative estimate of drug-likeness (QED) is 0.532. The second kappa shape index (κ2) is 10.0. The summed E-state index contributed by atoms with van der Waals surface area (Å²) in [5.41, 5.74) is 2.63. The van der Waals surface area contributed by atoms with Crippen LogP contribution in [0.25, 0.3) is 11.1 Å². The minimum Gasteiger partial charge on any atom is -0.475 e. The van der Waals surface area contributed by atoms with Crippen LogP contribution in [0.2, 0.25) is 0 Å².